The Morgan fingerprint density at radius 1 is 0.448 bits per heavy atom. The molecule has 0 saturated heterocycles. The molecule has 0 spiro atoms. The predicted octanol–water partition coefficient (Wildman–Crippen LogP) is 9.87. The van der Waals surface area contributed by atoms with Crippen LogP contribution in [0.1, 0.15) is 156 Å². The molecule has 2 heteroatoms. The first-order valence-corrected chi connectivity index (χ1v) is 13.9. The van der Waals surface area contributed by atoms with E-state index in [9.17, 15) is 0 Å². The summed E-state index contributed by atoms with van der Waals surface area (Å²) in [7, 11) is 0. The van der Waals surface area contributed by atoms with Gasteiger partial charge in [-0.25, -0.2) is 0 Å². The predicted molar refractivity (Wildman–Crippen MR) is 138 cm³/mol. The minimum Gasteiger partial charge on any atom is -0.366 e. The van der Waals surface area contributed by atoms with Crippen molar-refractivity contribution in [2.24, 2.45) is 0 Å². The average molecular weight is 426 g/mol. The summed E-state index contributed by atoms with van der Waals surface area (Å²) in [5, 5.41) is 0. The molecular weight excluding hydrogens is 370 g/mol. The molecule has 0 aromatic carbocycles. The number of thiocarbonyl (C=S) groups is 1. The Labute approximate surface area is 190 Å². The summed E-state index contributed by atoms with van der Waals surface area (Å²) in [6.45, 7) is 9.20. The second-order valence-electron chi connectivity index (χ2n) is 9.10. The van der Waals surface area contributed by atoms with Gasteiger partial charge in [-0.15, -0.1) is 0 Å². The summed E-state index contributed by atoms with van der Waals surface area (Å²) in [6.07, 6.45) is 29.3. The fourth-order valence-corrected chi connectivity index (χ4v) is 4.35. The van der Waals surface area contributed by atoms with E-state index in [-0.39, 0.29) is 0 Å². The lowest BCUT2D eigenvalue weighted by molar-refractivity contribution is 0.384. The van der Waals surface area contributed by atoms with Crippen LogP contribution in [0.2, 0.25) is 0 Å². The molecule has 0 heterocycles. The van der Waals surface area contributed by atoms with Crippen molar-refractivity contribution in [3.8, 4) is 0 Å². The van der Waals surface area contributed by atoms with Crippen molar-refractivity contribution in [2.75, 3.05) is 13.1 Å². The highest BCUT2D eigenvalue weighted by atomic mass is 32.1. The molecule has 0 radical (unpaired) electrons. The molecule has 0 unspecified atom stereocenters. The fraction of sp³-hybridized carbons (Fsp3) is 0.963. The first kappa shape index (κ1) is 28.9. The van der Waals surface area contributed by atoms with Crippen LogP contribution in [0.15, 0.2) is 0 Å². The Morgan fingerprint density at radius 3 is 1.00 bits per heavy atom. The van der Waals surface area contributed by atoms with Gasteiger partial charge in [0.15, 0.2) is 0 Å². The molecule has 0 saturated carbocycles. The highest BCUT2D eigenvalue weighted by molar-refractivity contribution is 7.80. The second kappa shape index (κ2) is 24.2. The molecule has 0 aromatic heterocycles. The second-order valence-corrected chi connectivity index (χ2v) is 9.57. The largest absolute Gasteiger partial charge is 0.366 e. The van der Waals surface area contributed by atoms with Gasteiger partial charge < -0.3 is 4.90 Å². The van der Waals surface area contributed by atoms with Gasteiger partial charge in [0.05, 0.1) is 4.99 Å². The Bertz CT molecular complexity index is 304. The van der Waals surface area contributed by atoms with E-state index in [4.69, 9.17) is 12.2 Å². The van der Waals surface area contributed by atoms with E-state index < -0.39 is 0 Å². The van der Waals surface area contributed by atoms with Crippen LogP contribution in [0.5, 0.6) is 0 Å². The van der Waals surface area contributed by atoms with Crippen LogP contribution in [0.3, 0.4) is 0 Å². The maximum atomic E-state index is 5.64. The molecule has 0 aliphatic heterocycles. The van der Waals surface area contributed by atoms with Gasteiger partial charge in [0.2, 0.25) is 0 Å². The molecule has 1 nitrogen and oxygen atoms in total. The van der Waals surface area contributed by atoms with E-state index in [1.54, 1.807) is 0 Å². The molecule has 0 aromatic rings. The van der Waals surface area contributed by atoms with Gasteiger partial charge >= 0.3 is 0 Å². The Balaban J connectivity index is 3.59. The van der Waals surface area contributed by atoms with Crippen LogP contribution < -0.4 is 0 Å². The van der Waals surface area contributed by atoms with Gasteiger partial charge in [-0.05, 0) is 19.3 Å². The third-order valence-electron chi connectivity index (χ3n) is 6.22. The standard InChI is InChI=1S/C27H55NS/c1-4-7-9-11-13-15-17-19-21-23-25-28(27(29)6-3)26-24-22-20-18-16-14-12-10-8-5-2/h4-26H2,1-3H3. The van der Waals surface area contributed by atoms with Crippen molar-refractivity contribution in [2.45, 2.75) is 156 Å². The minimum absolute atomic E-state index is 1.03. The SMILES string of the molecule is CCCCCCCCCCCCN(CCCCCCCCCCCC)C(=S)CC. The molecule has 0 bridgehead atoms. The van der Waals surface area contributed by atoms with Crippen LogP contribution in [0.4, 0.5) is 0 Å². The van der Waals surface area contributed by atoms with E-state index in [0.29, 0.717) is 0 Å². The lowest BCUT2D eigenvalue weighted by Crippen LogP contribution is -2.31. The maximum absolute atomic E-state index is 5.64. The van der Waals surface area contributed by atoms with Gasteiger partial charge in [0, 0.05) is 13.1 Å². The molecule has 0 aliphatic carbocycles. The van der Waals surface area contributed by atoms with E-state index >= 15 is 0 Å². The summed E-state index contributed by atoms with van der Waals surface area (Å²) < 4.78 is 0. The molecule has 0 fully saturated rings. The van der Waals surface area contributed by atoms with Crippen molar-refractivity contribution >= 4 is 17.2 Å². The molecule has 0 aliphatic rings. The zero-order valence-electron chi connectivity index (χ0n) is 20.6. The summed E-state index contributed by atoms with van der Waals surface area (Å²) in [4.78, 5) is 3.71. The van der Waals surface area contributed by atoms with Gasteiger partial charge in [-0.3, -0.25) is 0 Å². The topological polar surface area (TPSA) is 3.24 Å². The van der Waals surface area contributed by atoms with Gasteiger partial charge in [0.1, 0.15) is 0 Å². The fourth-order valence-electron chi connectivity index (χ4n) is 4.17. The number of hydrogen-bond acceptors (Lipinski definition) is 1. The van der Waals surface area contributed by atoms with E-state index in [1.165, 1.54) is 146 Å². The number of unbranched alkanes of at least 4 members (excludes halogenated alkanes) is 18. The summed E-state index contributed by atoms with van der Waals surface area (Å²) in [5.41, 5.74) is 0. The quantitative estimate of drug-likeness (QED) is 0.118. The van der Waals surface area contributed by atoms with Crippen molar-refractivity contribution < 1.29 is 0 Å². The summed E-state index contributed by atoms with van der Waals surface area (Å²) in [5.74, 6) is 0. The van der Waals surface area contributed by atoms with Gasteiger partial charge in [0.25, 0.3) is 0 Å². The van der Waals surface area contributed by atoms with Crippen LogP contribution in [-0.2, 0) is 0 Å². The first-order valence-electron chi connectivity index (χ1n) is 13.5. The number of rotatable bonds is 23. The monoisotopic (exact) mass is 425 g/mol. The number of hydrogen-bond donors (Lipinski definition) is 0. The Hall–Kier alpha value is -0.110. The van der Waals surface area contributed by atoms with Crippen LogP contribution in [0, 0.1) is 0 Å². The highest BCUT2D eigenvalue weighted by Crippen LogP contribution is 2.13. The van der Waals surface area contributed by atoms with Crippen molar-refractivity contribution in [3.63, 3.8) is 0 Å². The van der Waals surface area contributed by atoms with Crippen LogP contribution >= 0.6 is 12.2 Å². The van der Waals surface area contributed by atoms with E-state index in [0.717, 1.165) is 6.42 Å². The third-order valence-corrected chi connectivity index (χ3v) is 6.77. The van der Waals surface area contributed by atoms with Crippen molar-refractivity contribution in [3.05, 3.63) is 0 Å². The van der Waals surface area contributed by atoms with Crippen molar-refractivity contribution in [1.82, 2.24) is 4.90 Å². The zero-order valence-corrected chi connectivity index (χ0v) is 21.4. The maximum Gasteiger partial charge on any atom is 0.0776 e. The molecule has 0 atom stereocenters. The zero-order chi connectivity index (χ0) is 21.4. The molecular formula is C27H55NS. The number of nitrogens with zero attached hydrogens (tertiary/aromatic N) is 1. The van der Waals surface area contributed by atoms with Crippen LogP contribution in [-0.4, -0.2) is 23.0 Å². The highest BCUT2D eigenvalue weighted by Gasteiger charge is 2.07. The minimum atomic E-state index is 1.03. The van der Waals surface area contributed by atoms with E-state index in [1.807, 2.05) is 0 Å². The normalized spacial score (nSPS) is 11.1. The van der Waals surface area contributed by atoms with Crippen molar-refractivity contribution in [1.29, 1.82) is 0 Å². The Kier molecular flexibility index (Phi) is 24.1. The lowest BCUT2D eigenvalue weighted by atomic mass is 10.1. The molecule has 0 rings (SSSR count). The molecule has 0 amide bonds. The van der Waals surface area contributed by atoms with Gasteiger partial charge in [-0.2, -0.15) is 0 Å². The average Bonchev–Trinajstić information content (AvgIpc) is 2.74. The summed E-state index contributed by atoms with van der Waals surface area (Å²) in [6, 6.07) is 0. The molecule has 0 N–H and O–H groups in total. The first-order chi connectivity index (χ1) is 14.3. The third kappa shape index (κ3) is 20.9. The smallest absolute Gasteiger partial charge is 0.0776 e. The van der Waals surface area contributed by atoms with Crippen LogP contribution in [0.25, 0.3) is 0 Å². The van der Waals surface area contributed by atoms with E-state index in [2.05, 4.69) is 25.7 Å². The van der Waals surface area contributed by atoms with Gasteiger partial charge in [-0.1, -0.05) is 149 Å². The molecule has 174 valence electrons. The lowest BCUT2D eigenvalue weighted by Gasteiger charge is -2.25. The molecule has 29 heavy (non-hydrogen) atoms. The summed E-state index contributed by atoms with van der Waals surface area (Å²) >= 11 is 5.64. The Morgan fingerprint density at radius 2 is 0.724 bits per heavy atom.